The number of halogens is 1. The van der Waals surface area contributed by atoms with E-state index in [-0.39, 0.29) is 18.1 Å². The Morgan fingerprint density at radius 2 is 1.65 bits per heavy atom. The average Bonchev–Trinajstić information content (AvgIpc) is 3.35. The number of aliphatic hydroxyl groups excluding tert-OH is 1. The highest BCUT2D eigenvalue weighted by molar-refractivity contribution is 6.32. The highest BCUT2D eigenvalue weighted by atomic mass is 35.5. The molecule has 13 heteroatoms. The number of aliphatic hydroxyl groups is 1. The first-order valence-electron chi connectivity index (χ1n) is 12.2. The fourth-order valence-corrected chi connectivity index (χ4v) is 3.54. The quantitative estimate of drug-likeness (QED) is 0.208. The molecule has 1 aromatic heterocycles. The van der Waals surface area contributed by atoms with Crippen LogP contribution in [0, 0.1) is 0 Å². The molecule has 0 saturated heterocycles. The number of nitrogens with one attached hydrogen (secondary N) is 1. The fraction of sp³-hybridized carbons (Fsp3) is 0.370. The second-order valence-electron chi connectivity index (χ2n) is 9.46. The zero-order valence-corrected chi connectivity index (χ0v) is 23.2. The van der Waals surface area contributed by atoms with Crippen LogP contribution in [0.15, 0.2) is 47.0 Å². The van der Waals surface area contributed by atoms with Crippen molar-refractivity contribution in [3.63, 3.8) is 0 Å². The molecular formula is C27H32ClN3O9. The predicted octanol–water partition coefficient (Wildman–Crippen LogP) is 4.05. The zero-order chi connectivity index (χ0) is 30.0. The van der Waals surface area contributed by atoms with Crippen molar-refractivity contribution in [3.8, 4) is 28.6 Å². The predicted molar refractivity (Wildman–Crippen MR) is 145 cm³/mol. The van der Waals surface area contributed by atoms with E-state index in [1.165, 1.54) is 0 Å². The highest BCUT2D eigenvalue weighted by Gasteiger charge is 2.21. The van der Waals surface area contributed by atoms with Crippen LogP contribution >= 0.6 is 11.6 Å². The topological polar surface area (TPSA) is 192 Å². The Bertz CT molecular complexity index is 1310. The van der Waals surface area contributed by atoms with Crippen molar-refractivity contribution >= 4 is 29.5 Å². The first-order valence-corrected chi connectivity index (χ1v) is 12.6. The minimum atomic E-state index is -1.79. The molecule has 0 aliphatic heterocycles. The summed E-state index contributed by atoms with van der Waals surface area (Å²) in [5.41, 5.74) is 2.17. The molecule has 1 atom stereocenters. The third kappa shape index (κ3) is 9.95. The number of carboxylic acid groups (broad SMARTS) is 3. The number of aromatic nitrogens is 2. The van der Waals surface area contributed by atoms with Crippen molar-refractivity contribution in [3.05, 3.63) is 53.1 Å². The smallest absolute Gasteiger partial charge is 0.333 e. The summed E-state index contributed by atoms with van der Waals surface area (Å²) in [5.74, 6) is -2.22. The second-order valence-corrected chi connectivity index (χ2v) is 9.87. The third-order valence-corrected chi connectivity index (χ3v) is 5.69. The maximum Gasteiger partial charge on any atom is 0.333 e. The summed E-state index contributed by atoms with van der Waals surface area (Å²) in [6.45, 7) is 8.28. The summed E-state index contributed by atoms with van der Waals surface area (Å²) < 4.78 is 11.1. The van der Waals surface area contributed by atoms with E-state index in [9.17, 15) is 14.4 Å². The van der Waals surface area contributed by atoms with Gasteiger partial charge in [0.15, 0.2) is 6.10 Å². The third-order valence-electron chi connectivity index (χ3n) is 5.39. The average molecular weight is 578 g/mol. The maximum absolute atomic E-state index is 10.7. The van der Waals surface area contributed by atoms with Gasteiger partial charge >= 0.3 is 17.9 Å². The SMILES string of the molecule is CC(C)Oc1ccc(-c2noc(-c3ccc(C(C)(C)NCCC(=O)O)cc3)n2)cc1Cl.O=C(O)CC(O)C(=O)O. The van der Waals surface area contributed by atoms with Crippen molar-refractivity contribution in [2.45, 2.75) is 58.3 Å². The monoisotopic (exact) mass is 577 g/mol. The van der Waals surface area contributed by atoms with E-state index >= 15 is 0 Å². The van der Waals surface area contributed by atoms with E-state index in [0.717, 1.165) is 16.7 Å². The Morgan fingerprint density at radius 1 is 1.02 bits per heavy atom. The molecule has 0 saturated carbocycles. The summed E-state index contributed by atoms with van der Waals surface area (Å²) in [6.07, 6.45) is -2.45. The van der Waals surface area contributed by atoms with E-state index in [0.29, 0.717) is 29.0 Å². The normalized spacial score (nSPS) is 11.9. The van der Waals surface area contributed by atoms with Gasteiger partial charge in [-0.1, -0.05) is 28.9 Å². The summed E-state index contributed by atoms with van der Waals surface area (Å²) >= 11 is 6.31. The van der Waals surface area contributed by atoms with Crippen LogP contribution in [-0.4, -0.2) is 67.2 Å². The summed E-state index contributed by atoms with van der Waals surface area (Å²) in [6, 6.07) is 13.1. The van der Waals surface area contributed by atoms with E-state index in [4.69, 9.17) is 41.3 Å². The summed E-state index contributed by atoms with van der Waals surface area (Å²) in [4.78, 5) is 34.6. The Morgan fingerprint density at radius 3 is 2.15 bits per heavy atom. The molecule has 1 unspecified atom stereocenters. The Hall–Kier alpha value is -4.00. The number of hydrogen-bond acceptors (Lipinski definition) is 9. The van der Waals surface area contributed by atoms with Crippen LogP contribution < -0.4 is 10.1 Å². The first-order chi connectivity index (χ1) is 18.7. The molecule has 40 heavy (non-hydrogen) atoms. The molecule has 0 radical (unpaired) electrons. The number of benzene rings is 2. The standard InChI is InChI=1S/C23H26ClN3O4.C4H6O5/c1-14(2)30-19-10-7-16(13-18(19)24)21-26-22(31-27-21)15-5-8-17(9-6-15)23(3,4)25-12-11-20(28)29;5-2(4(8)9)1-3(6)7/h5-10,13-14,25H,11-12H2,1-4H3,(H,28,29);2,5H,1H2,(H,6,7)(H,8,9). The van der Waals surface area contributed by atoms with Crippen LogP contribution in [-0.2, 0) is 19.9 Å². The van der Waals surface area contributed by atoms with Gasteiger partial charge in [0.1, 0.15) is 5.75 Å². The van der Waals surface area contributed by atoms with Crippen molar-refractivity contribution in [1.29, 1.82) is 0 Å². The highest BCUT2D eigenvalue weighted by Crippen LogP contribution is 2.31. The zero-order valence-electron chi connectivity index (χ0n) is 22.4. The number of ether oxygens (including phenoxy) is 1. The maximum atomic E-state index is 10.7. The van der Waals surface area contributed by atoms with E-state index in [1.807, 2.05) is 58.0 Å². The van der Waals surface area contributed by atoms with Gasteiger partial charge in [0.05, 0.1) is 24.0 Å². The molecular weight excluding hydrogens is 546 g/mol. The van der Waals surface area contributed by atoms with Gasteiger partial charge in [-0.2, -0.15) is 4.98 Å². The van der Waals surface area contributed by atoms with Gasteiger partial charge in [-0.15, -0.1) is 0 Å². The number of rotatable bonds is 12. The van der Waals surface area contributed by atoms with Crippen molar-refractivity contribution in [1.82, 2.24) is 15.5 Å². The van der Waals surface area contributed by atoms with Gasteiger partial charge < -0.3 is 35.0 Å². The molecule has 12 nitrogen and oxygen atoms in total. The van der Waals surface area contributed by atoms with Crippen molar-refractivity contribution in [2.24, 2.45) is 0 Å². The molecule has 216 valence electrons. The molecule has 0 amide bonds. The molecule has 3 aromatic rings. The number of hydrogen-bond donors (Lipinski definition) is 5. The molecule has 0 aliphatic rings. The lowest BCUT2D eigenvalue weighted by Crippen LogP contribution is -2.37. The van der Waals surface area contributed by atoms with E-state index in [1.54, 1.807) is 12.1 Å². The molecule has 3 rings (SSSR count). The lowest BCUT2D eigenvalue weighted by Gasteiger charge is -2.27. The van der Waals surface area contributed by atoms with Gasteiger partial charge in [0.25, 0.3) is 5.89 Å². The molecule has 2 aromatic carbocycles. The summed E-state index contributed by atoms with van der Waals surface area (Å²) in [7, 11) is 0. The van der Waals surface area contributed by atoms with Gasteiger partial charge in [-0.3, -0.25) is 9.59 Å². The first kappa shape index (κ1) is 32.2. The molecule has 0 bridgehead atoms. The summed E-state index contributed by atoms with van der Waals surface area (Å²) in [5, 5.41) is 40.8. The van der Waals surface area contributed by atoms with Crippen LogP contribution in [0.5, 0.6) is 5.75 Å². The number of carbonyl (C=O) groups is 3. The van der Waals surface area contributed by atoms with Crippen LogP contribution in [0.3, 0.4) is 0 Å². The molecule has 0 spiro atoms. The van der Waals surface area contributed by atoms with Crippen LogP contribution in [0.2, 0.25) is 5.02 Å². The number of aliphatic carboxylic acids is 3. The Kier molecular flexibility index (Phi) is 11.6. The van der Waals surface area contributed by atoms with Crippen LogP contribution in [0.4, 0.5) is 0 Å². The molecule has 1 heterocycles. The second kappa shape index (κ2) is 14.4. The Labute approximate surface area is 235 Å². The minimum absolute atomic E-state index is 0.0282. The largest absolute Gasteiger partial charge is 0.489 e. The molecule has 5 N–H and O–H groups in total. The van der Waals surface area contributed by atoms with Gasteiger partial charge in [-0.05, 0) is 63.6 Å². The van der Waals surface area contributed by atoms with Gasteiger partial charge in [-0.25, -0.2) is 4.79 Å². The van der Waals surface area contributed by atoms with Gasteiger partial charge in [0, 0.05) is 23.2 Å². The lowest BCUT2D eigenvalue weighted by atomic mass is 9.93. The van der Waals surface area contributed by atoms with E-state index in [2.05, 4.69) is 15.5 Å². The minimum Gasteiger partial charge on any atom is -0.489 e. The van der Waals surface area contributed by atoms with Crippen molar-refractivity contribution < 1.29 is 44.1 Å². The number of carboxylic acids is 3. The van der Waals surface area contributed by atoms with Crippen LogP contribution in [0.1, 0.15) is 46.1 Å². The lowest BCUT2D eigenvalue weighted by molar-refractivity contribution is -0.152. The fourth-order valence-electron chi connectivity index (χ4n) is 3.31. The molecule has 0 aliphatic carbocycles. The number of nitrogens with zero attached hydrogens (tertiary/aromatic N) is 2. The van der Waals surface area contributed by atoms with Gasteiger partial charge in [0.2, 0.25) is 5.82 Å². The van der Waals surface area contributed by atoms with Crippen molar-refractivity contribution in [2.75, 3.05) is 6.54 Å². The van der Waals surface area contributed by atoms with E-state index < -0.39 is 30.4 Å². The molecule has 0 fully saturated rings. The Balaban J connectivity index is 0.000000536. The van der Waals surface area contributed by atoms with Crippen LogP contribution in [0.25, 0.3) is 22.8 Å².